The summed E-state index contributed by atoms with van der Waals surface area (Å²) in [5, 5.41) is 0. The Kier molecular flexibility index (Phi) is 3.47. The molecule has 6 heteroatoms. The van der Waals surface area contributed by atoms with Gasteiger partial charge in [0.1, 0.15) is 0 Å². The predicted molar refractivity (Wildman–Crippen MR) is 68.3 cm³/mol. The predicted octanol–water partition coefficient (Wildman–Crippen LogP) is 2.52. The second-order valence-corrected chi connectivity index (χ2v) is 4.62. The van der Waals surface area contributed by atoms with Crippen LogP contribution in [0.3, 0.4) is 0 Å². The molecule has 0 unspecified atom stereocenters. The smallest absolute Gasteiger partial charge is 0.265 e. The van der Waals surface area contributed by atoms with Gasteiger partial charge in [0.2, 0.25) is 0 Å². The maximum Gasteiger partial charge on any atom is 0.265 e. The van der Waals surface area contributed by atoms with Gasteiger partial charge in [0, 0.05) is 17.4 Å². The molecule has 0 aliphatic carbocycles. The Morgan fingerprint density at radius 1 is 1.33 bits per heavy atom. The Morgan fingerprint density at radius 3 is 2.78 bits per heavy atom. The molecule has 18 heavy (non-hydrogen) atoms. The van der Waals surface area contributed by atoms with Crippen LogP contribution in [-0.4, -0.2) is 4.57 Å². The van der Waals surface area contributed by atoms with Crippen LogP contribution in [0.15, 0.2) is 39.7 Å². The Hall–Kier alpha value is -1.69. The molecule has 0 fully saturated rings. The van der Waals surface area contributed by atoms with Crippen LogP contribution in [0.5, 0.6) is 0 Å². The van der Waals surface area contributed by atoms with Crippen molar-refractivity contribution in [3.05, 3.63) is 62.5 Å². The van der Waals surface area contributed by atoms with E-state index in [-0.39, 0.29) is 22.1 Å². The number of hydrogen-bond acceptors (Lipinski definition) is 2. The Balaban J connectivity index is 2.46. The molecule has 2 aromatic rings. The molecule has 0 radical (unpaired) electrons. The molecule has 2 rings (SSSR count). The fraction of sp³-hybridized carbons (Fsp3) is 0.0833. The Bertz CT molecular complexity index is 655. The van der Waals surface area contributed by atoms with Crippen LogP contribution in [0.25, 0.3) is 0 Å². The molecular weight excluding hydrogens is 306 g/mol. The minimum atomic E-state index is -0.956. The molecule has 3 nitrogen and oxygen atoms in total. The van der Waals surface area contributed by atoms with Crippen LogP contribution in [0.1, 0.15) is 5.56 Å². The van der Waals surface area contributed by atoms with Crippen LogP contribution in [0.4, 0.5) is 14.5 Å². The van der Waals surface area contributed by atoms with Crippen LogP contribution in [0, 0.1) is 11.6 Å². The first-order valence-corrected chi connectivity index (χ1v) is 5.86. The maximum absolute atomic E-state index is 13.5. The van der Waals surface area contributed by atoms with E-state index in [0.29, 0.717) is 5.69 Å². The molecule has 0 bridgehead atoms. The van der Waals surface area contributed by atoms with Gasteiger partial charge >= 0.3 is 0 Å². The van der Waals surface area contributed by atoms with E-state index in [0.717, 1.165) is 6.07 Å². The molecule has 1 aromatic heterocycles. The maximum atomic E-state index is 13.5. The average molecular weight is 315 g/mol. The summed E-state index contributed by atoms with van der Waals surface area (Å²) in [6.45, 7) is -0.0773. The van der Waals surface area contributed by atoms with E-state index >= 15 is 0 Å². The Labute approximate surface area is 110 Å². The first kappa shape index (κ1) is 12.8. The van der Waals surface area contributed by atoms with Crippen LogP contribution in [0.2, 0.25) is 0 Å². The lowest BCUT2D eigenvalue weighted by Crippen LogP contribution is -2.22. The average Bonchev–Trinajstić information content (AvgIpc) is 2.31. The number of pyridine rings is 1. The van der Waals surface area contributed by atoms with Crippen molar-refractivity contribution in [3.63, 3.8) is 0 Å². The zero-order valence-corrected chi connectivity index (χ0v) is 10.7. The summed E-state index contributed by atoms with van der Waals surface area (Å²) >= 11 is 3.06. The number of aromatic nitrogens is 1. The highest BCUT2D eigenvalue weighted by atomic mass is 79.9. The largest absolute Gasteiger partial charge is 0.398 e. The first-order valence-electron chi connectivity index (χ1n) is 5.07. The molecule has 0 aliphatic rings. The standard InChI is InChI=1S/C12H9BrF2N2O/c13-9-4-8(16)6-17(12(9)18)5-7-2-1-3-10(14)11(7)15/h1-4,6H,5,16H2. The number of halogens is 3. The summed E-state index contributed by atoms with van der Waals surface area (Å²) in [5.74, 6) is -1.90. The van der Waals surface area contributed by atoms with E-state index in [9.17, 15) is 13.6 Å². The van der Waals surface area contributed by atoms with Gasteiger partial charge in [-0.3, -0.25) is 4.79 Å². The van der Waals surface area contributed by atoms with Crippen molar-refractivity contribution in [2.75, 3.05) is 5.73 Å². The van der Waals surface area contributed by atoms with E-state index in [1.165, 1.54) is 29.0 Å². The lowest BCUT2D eigenvalue weighted by molar-refractivity contribution is 0.494. The molecule has 0 amide bonds. The third kappa shape index (κ3) is 2.43. The van der Waals surface area contributed by atoms with Gasteiger partial charge in [0.25, 0.3) is 5.56 Å². The monoisotopic (exact) mass is 314 g/mol. The molecule has 0 saturated carbocycles. The number of anilines is 1. The second kappa shape index (κ2) is 4.89. The van der Waals surface area contributed by atoms with Crippen molar-refractivity contribution in [1.29, 1.82) is 0 Å². The number of hydrogen-bond donors (Lipinski definition) is 1. The van der Waals surface area contributed by atoms with E-state index in [1.807, 2.05) is 0 Å². The summed E-state index contributed by atoms with van der Waals surface area (Å²) in [4.78, 5) is 11.8. The highest BCUT2D eigenvalue weighted by Crippen LogP contribution is 2.14. The van der Waals surface area contributed by atoms with Gasteiger partial charge in [0.15, 0.2) is 11.6 Å². The molecule has 0 atom stereocenters. The van der Waals surface area contributed by atoms with Crippen molar-refractivity contribution < 1.29 is 8.78 Å². The minimum absolute atomic E-state index is 0.0773. The van der Waals surface area contributed by atoms with Crippen molar-refractivity contribution in [2.24, 2.45) is 0 Å². The summed E-state index contributed by atoms with van der Waals surface area (Å²) in [5.41, 5.74) is 5.69. The van der Waals surface area contributed by atoms with Crippen LogP contribution in [-0.2, 0) is 6.54 Å². The highest BCUT2D eigenvalue weighted by molar-refractivity contribution is 9.10. The lowest BCUT2D eigenvalue weighted by atomic mass is 10.2. The van der Waals surface area contributed by atoms with Crippen molar-refractivity contribution in [3.8, 4) is 0 Å². The number of nitrogens with zero attached hydrogens (tertiary/aromatic N) is 1. The molecular formula is C12H9BrF2N2O. The molecule has 1 heterocycles. The van der Waals surface area contributed by atoms with Crippen LogP contribution < -0.4 is 11.3 Å². The number of benzene rings is 1. The summed E-state index contributed by atoms with van der Waals surface area (Å²) in [6.07, 6.45) is 1.39. The van der Waals surface area contributed by atoms with E-state index < -0.39 is 11.6 Å². The molecule has 0 saturated heterocycles. The van der Waals surface area contributed by atoms with Crippen molar-refractivity contribution in [2.45, 2.75) is 6.54 Å². The van der Waals surface area contributed by atoms with Gasteiger partial charge in [-0.25, -0.2) is 8.78 Å². The number of nitrogen functional groups attached to an aromatic ring is 1. The van der Waals surface area contributed by atoms with Gasteiger partial charge in [-0.1, -0.05) is 12.1 Å². The minimum Gasteiger partial charge on any atom is -0.398 e. The molecule has 0 spiro atoms. The summed E-state index contributed by atoms with van der Waals surface area (Å²) in [7, 11) is 0. The van der Waals surface area contributed by atoms with E-state index in [4.69, 9.17) is 5.73 Å². The van der Waals surface area contributed by atoms with Crippen molar-refractivity contribution in [1.82, 2.24) is 4.57 Å². The Morgan fingerprint density at radius 2 is 2.06 bits per heavy atom. The van der Waals surface area contributed by atoms with E-state index in [1.54, 1.807) is 0 Å². The molecule has 94 valence electrons. The van der Waals surface area contributed by atoms with Gasteiger partial charge in [0.05, 0.1) is 11.0 Å². The molecule has 1 aromatic carbocycles. The zero-order valence-electron chi connectivity index (χ0n) is 9.16. The fourth-order valence-corrected chi connectivity index (χ4v) is 2.08. The lowest BCUT2D eigenvalue weighted by Gasteiger charge is -2.08. The number of nitrogens with two attached hydrogens (primary N) is 1. The zero-order chi connectivity index (χ0) is 13.3. The third-order valence-corrected chi connectivity index (χ3v) is 3.00. The van der Waals surface area contributed by atoms with Gasteiger partial charge in [-0.05, 0) is 28.1 Å². The van der Waals surface area contributed by atoms with Gasteiger partial charge in [-0.2, -0.15) is 0 Å². The van der Waals surface area contributed by atoms with E-state index in [2.05, 4.69) is 15.9 Å². The normalized spacial score (nSPS) is 10.6. The van der Waals surface area contributed by atoms with Crippen LogP contribution >= 0.6 is 15.9 Å². The SMILES string of the molecule is Nc1cc(Br)c(=O)n(Cc2cccc(F)c2F)c1. The van der Waals surface area contributed by atoms with Gasteiger partial charge in [-0.15, -0.1) is 0 Å². The highest BCUT2D eigenvalue weighted by Gasteiger charge is 2.10. The van der Waals surface area contributed by atoms with Crippen molar-refractivity contribution >= 4 is 21.6 Å². The number of rotatable bonds is 2. The topological polar surface area (TPSA) is 48.0 Å². The summed E-state index contributed by atoms with van der Waals surface area (Å²) < 4.78 is 28.0. The third-order valence-electron chi connectivity index (χ3n) is 2.44. The molecule has 0 aliphatic heterocycles. The molecule has 2 N–H and O–H groups in total. The second-order valence-electron chi connectivity index (χ2n) is 3.77. The first-order chi connectivity index (χ1) is 8.49. The quantitative estimate of drug-likeness (QED) is 0.926. The summed E-state index contributed by atoms with van der Waals surface area (Å²) in [6, 6.07) is 5.29. The fourth-order valence-electron chi connectivity index (χ4n) is 1.59. The van der Waals surface area contributed by atoms with Gasteiger partial charge < -0.3 is 10.3 Å².